The molecular formula is C17H32O3Si. The molecule has 0 unspecified atom stereocenters. The van der Waals surface area contributed by atoms with Gasteiger partial charge in [0.15, 0.2) is 14.1 Å². The van der Waals surface area contributed by atoms with Gasteiger partial charge in [0.1, 0.15) is 12.2 Å². The Balaban J connectivity index is 2.41. The van der Waals surface area contributed by atoms with Gasteiger partial charge in [-0.3, -0.25) is 0 Å². The molecule has 0 amide bonds. The van der Waals surface area contributed by atoms with E-state index in [4.69, 9.17) is 13.9 Å². The molecule has 2 atom stereocenters. The Morgan fingerprint density at radius 1 is 1.19 bits per heavy atom. The van der Waals surface area contributed by atoms with Crippen molar-refractivity contribution in [2.45, 2.75) is 77.2 Å². The highest BCUT2D eigenvalue weighted by atomic mass is 28.4. The summed E-state index contributed by atoms with van der Waals surface area (Å²) in [5.41, 5.74) is 0. The molecule has 0 spiro atoms. The molecule has 1 heterocycles. The van der Waals surface area contributed by atoms with Crippen LogP contribution in [0, 0.1) is 0 Å². The van der Waals surface area contributed by atoms with Gasteiger partial charge in [-0.15, -0.1) is 6.58 Å². The van der Waals surface area contributed by atoms with Crippen molar-refractivity contribution in [2.75, 3.05) is 6.61 Å². The van der Waals surface area contributed by atoms with Gasteiger partial charge in [-0.25, -0.2) is 0 Å². The fraction of sp³-hybridized carbons (Fsp3) is 0.765. The molecule has 0 aliphatic carbocycles. The Hall–Kier alpha value is -0.423. The Kier molecular flexibility index (Phi) is 6.01. The molecular weight excluding hydrogens is 280 g/mol. The zero-order valence-electron chi connectivity index (χ0n) is 14.7. The van der Waals surface area contributed by atoms with Crippen LogP contribution in [0.15, 0.2) is 24.8 Å². The summed E-state index contributed by atoms with van der Waals surface area (Å²) in [7, 11) is -1.64. The monoisotopic (exact) mass is 312 g/mol. The lowest BCUT2D eigenvalue weighted by Crippen LogP contribution is -2.40. The Bertz CT molecular complexity index is 380. The van der Waals surface area contributed by atoms with Crippen LogP contribution in [-0.4, -0.2) is 32.9 Å². The van der Waals surface area contributed by atoms with E-state index in [9.17, 15) is 0 Å². The minimum atomic E-state index is -1.64. The van der Waals surface area contributed by atoms with Crippen LogP contribution in [0.25, 0.3) is 0 Å². The molecule has 122 valence electrons. The van der Waals surface area contributed by atoms with Gasteiger partial charge >= 0.3 is 0 Å². The Morgan fingerprint density at radius 3 is 2.29 bits per heavy atom. The van der Waals surface area contributed by atoms with Crippen molar-refractivity contribution < 1.29 is 13.9 Å². The van der Waals surface area contributed by atoms with Gasteiger partial charge in [-0.2, -0.15) is 0 Å². The lowest BCUT2D eigenvalue weighted by atomic mass is 10.2. The van der Waals surface area contributed by atoms with E-state index in [2.05, 4.69) is 52.6 Å². The molecule has 0 bridgehead atoms. The number of hydrogen-bond acceptors (Lipinski definition) is 3. The van der Waals surface area contributed by atoms with E-state index in [-0.39, 0.29) is 17.2 Å². The van der Waals surface area contributed by atoms with Crippen LogP contribution in [0.5, 0.6) is 0 Å². The molecule has 1 saturated heterocycles. The predicted octanol–water partition coefficient (Wildman–Crippen LogP) is 4.66. The highest BCUT2D eigenvalue weighted by Gasteiger charge is 2.38. The first-order valence-electron chi connectivity index (χ1n) is 7.77. The normalized spacial score (nSPS) is 26.4. The van der Waals surface area contributed by atoms with Crippen LogP contribution in [0.2, 0.25) is 18.1 Å². The predicted molar refractivity (Wildman–Crippen MR) is 90.9 cm³/mol. The van der Waals surface area contributed by atoms with Gasteiger partial charge in [0.2, 0.25) is 0 Å². The van der Waals surface area contributed by atoms with E-state index in [1.54, 1.807) is 6.08 Å². The van der Waals surface area contributed by atoms with E-state index in [1.165, 1.54) is 0 Å². The van der Waals surface area contributed by atoms with Crippen molar-refractivity contribution in [2.24, 2.45) is 0 Å². The summed E-state index contributed by atoms with van der Waals surface area (Å²) in [6.45, 7) is 19.8. The fourth-order valence-electron chi connectivity index (χ4n) is 1.98. The molecule has 4 heteroatoms. The summed E-state index contributed by atoms with van der Waals surface area (Å²) in [5.74, 6) is -0.536. The van der Waals surface area contributed by atoms with Gasteiger partial charge in [-0.05, 0) is 38.4 Å². The second-order valence-corrected chi connectivity index (χ2v) is 12.4. The average molecular weight is 313 g/mol. The summed E-state index contributed by atoms with van der Waals surface area (Å²) in [6, 6.07) is 0. The second kappa shape index (κ2) is 6.78. The summed E-state index contributed by atoms with van der Waals surface area (Å²) in [5, 5.41) is 0.261. The summed E-state index contributed by atoms with van der Waals surface area (Å²) < 4.78 is 17.7. The standard InChI is InChI=1S/C17H32O3Si/c1-9-14-15(20-17(5,6)19-14)12-10-11-13-18-21(7,8)16(2,3)4/h9-10,12,14-15H,1,11,13H2,2-8H3/b12-10-/t14-,15-/m0/s1. The highest BCUT2D eigenvalue weighted by molar-refractivity contribution is 6.74. The van der Waals surface area contributed by atoms with E-state index < -0.39 is 14.1 Å². The van der Waals surface area contributed by atoms with Crippen LogP contribution in [-0.2, 0) is 13.9 Å². The van der Waals surface area contributed by atoms with E-state index in [0.29, 0.717) is 0 Å². The van der Waals surface area contributed by atoms with Gasteiger partial charge in [0.25, 0.3) is 0 Å². The lowest BCUT2D eigenvalue weighted by molar-refractivity contribution is -0.138. The second-order valence-electron chi connectivity index (χ2n) is 7.63. The maximum absolute atomic E-state index is 6.15. The van der Waals surface area contributed by atoms with E-state index >= 15 is 0 Å². The molecule has 21 heavy (non-hydrogen) atoms. The largest absolute Gasteiger partial charge is 0.417 e. The molecule has 0 aromatic carbocycles. The highest BCUT2D eigenvalue weighted by Crippen LogP contribution is 2.36. The van der Waals surface area contributed by atoms with Gasteiger partial charge in [-0.1, -0.05) is 39.0 Å². The third-order valence-corrected chi connectivity index (χ3v) is 8.81. The smallest absolute Gasteiger partial charge is 0.191 e. The first-order chi connectivity index (χ1) is 9.48. The van der Waals surface area contributed by atoms with Crippen LogP contribution < -0.4 is 0 Å². The molecule has 1 fully saturated rings. The molecule has 0 aromatic rings. The zero-order valence-corrected chi connectivity index (χ0v) is 15.7. The van der Waals surface area contributed by atoms with Crippen molar-refractivity contribution >= 4 is 8.32 Å². The van der Waals surface area contributed by atoms with Crippen LogP contribution >= 0.6 is 0 Å². The summed E-state index contributed by atoms with van der Waals surface area (Å²) in [6.07, 6.45) is 6.77. The van der Waals surface area contributed by atoms with Gasteiger partial charge in [0.05, 0.1) is 0 Å². The molecule has 0 aromatic heterocycles. The average Bonchev–Trinajstić information content (AvgIpc) is 2.62. The third kappa shape index (κ3) is 5.36. The third-order valence-electron chi connectivity index (χ3n) is 4.28. The van der Waals surface area contributed by atoms with E-state index in [1.807, 2.05) is 13.8 Å². The van der Waals surface area contributed by atoms with Crippen molar-refractivity contribution in [1.29, 1.82) is 0 Å². The molecule has 1 rings (SSSR count). The summed E-state index contributed by atoms with van der Waals surface area (Å²) in [4.78, 5) is 0. The number of hydrogen-bond donors (Lipinski definition) is 0. The van der Waals surface area contributed by atoms with Crippen molar-refractivity contribution in [3.63, 3.8) is 0 Å². The number of rotatable bonds is 6. The number of ether oxygens (including phenoxy) is 2. The van der Waals surface area contributed by atoms with Crippen LogP contribution in [0.4, 0.5) is 0 Å². The van der Waals surface area contributed by atoms with Crippen molar-refractivity contribution in [3.05, 3.63) is 24.8 Å². The first kappa shape index (κ1) is 18.6. The molecule has 1 aliphatic rings. The van der Waals surface area contributed by atoms with Crippen molar-refractivity contribution in [1.82, 2.24) is 0 Å². The first-order valence-corrected chi connectivity index (χ1v) is 10.7. The van der Waals surface area contributed by atoms with Crippen molar-refractivity contribution in [3.8, 4) is 0 Å². The zero-order chi connectivity index (χ0) is 16.3. The SMILES string of the molecule is C=C[C@@H]1OC(C)(C)O[C@H]1/C=C\CCO[Si](C)(C)C(C)(C)C. The molecule has 0 N–H and O–H groups in total. The van der Waals surface area contributed by atoms with Crippen LogP contribution in [0.3, 0.4) is 0 Å². The Labute approximate surface area is 131 Å². The van der Waals surface area contributed by atoms with E-state index in [0.717, 1.165) is 13.0 Å². The fourth-order valence-corrected chi connectivity index (χ4v) is 3.04. The van der Waals surface area contributed by atoms with Crippen LogP contribution in [0.1, 0.15) is 41.0 Å². The molecule has 0 radical (unpaired) electrons. The lowest BCUT2D eigenvalue weighted by Gasteiger charge is -2.36. The molecule has 1 aliphatic heterocycles. The topological polar surface area (TPSA) is 27.7 Å². The minimum absolute atomic E-state index is 0.0506. The molecule has 0 saturated carbocycles. The summed E-state index contributed by atoms with van der Waals surface area (Å²) >= 11 is 0. The molecule has 3 nitrogen and oxygen atoms in total. The maximum atomic E-state index is 6.15. The minimum Gasteiger partial charge on any atom is -0.417 e. The van der Waals surface area contributed by atoms with Gasteiger partial charge < -0.3 is 13.9 Å². The Morgan fingerprint density at radius 2 is 1.76 bits per heavy atom. The van der Waals surface area contributed by atoms with Gasteiger partial charge in [0, 0.05) is 6.61 Å². The quantitative estimate of drug-likeness (QED) is 0.405. The maximum Gasteiger partial charge on any atom is 0.191 e.